The quantitative estimate of drug-likeness (QED) is 0.439. The zero-order valence-corrected chi connectivity index (χ0v) is 20.7. The monoisotopic (exact) mass is 486 g/mol. The molecule has 0 aliphatic heterocycles. The van der Waals surface area contributed by atoms with Gasteiger partial charge in [-0.15, -0.1) is 0 Å². The third-order valence-electron chi connectivity index (χ3n) is 5.79. The van der Waals surface area contributed by atoms with Gasteiger partial charge in [0, 0.05) is 24.2 Å². The van der Waals surface area contributed by atoms with Gasteiger partial charge in [0.15, 0.2) is 11.6 Å². The van der Waals surface area contributed by atoms with Gasteiger partial charge in [-0.1, -0.05) is 19.9 Å². The summed E-state index contributed by atoms with van der Waals surface area (Å²) in [4.78, 5) is 25.1. The molecule has 0 radical (unpaired) electrons. The first kappa shape index (κ1) is 26.3. The summed E-state index contributed by atoms with van der Waals surface area (Å²) in [6.45, 7) is 7.46. The standard InChI is InChI=1S/C26H32F2N4O3/c1-6-35-23(33)12-22(30-26(34)20(29)9-14(2)3)17-10-16(11-19(27)25(17)28)24-15(4)7-8-21-18(24)13-32(5)31-21/h7-8,10-11,13-14,20,22H,6,9,12,29H2,1-5H3,(H,30,34)/t20-,22-/m0/s1. The molecule has 0 saturated carbocycles. The third-order valence-corrected chi connectivity index (χ3v) is 5.79. The van der Waals surface area contributed by atoms with Crippen molar-refractivity contribution in [1.29, 1.82) is 0 Å². The van der Waals surface area contributed by atoms with E-state index in [9.17, 15) is 14.0 Å². The fraction of sp³-hybridized carbons (Fsp3) is 0.423. The topological polar surface area (TPSA) is 99.2 Å². The van der Waals surface area contributed by atoms with Crippen molar-refractivity contribution in [1.82, 2.24) is 15.1 Å². The summed E-state index contributed by atoms with van der Waals surface area (Å²) in [5, 5.41) is 7.81. The third kappa shape index (κ3) is 6.03. The predicted molar refractivity (Wildman–Crippen MR) is 130 cm³/mol. The Labute approximate surface area is 203 Å². The van der Waals surface area contributed by atoms with Gasteiger partial charge in [0.2, 0.25) is 5.91 Å². The van der Waals surface area contributed by atoms with Gasteiger partial charge in [-0.3, -0.25) is 14.3 Å². The lowest BCUT2D eigenvalue weighted by Gasteiger charge is -2.23. The molecule has 2 atom stereocenters. The Kier molecular flexibility index (Phi) is 8.22. The highest BCUT2D eigenvalue weighted by molar-refractivity contribution is 5.96. The van der Waals surface area contributed by atoms with Crippen molar-refractivity contribution in [3.8, 4) is 11.1 Å². The minimum absolute atomic E-state index is 0.117. The highest BCUT2D eigenvalue weighted by atomic mass is 19.2. The van der Waals surface area contributed by atoms with Gasteiger partial charge >= 0.3 is 5.97 Å². The number of carbonyl (C=O) groups excluding carboxylic acids is 2. The van der Waals surface area contributed by atoms with Crippen molar-refractivity contribution in [2.45, 2.75) is 52.6 Å². The van der Waals surface area contributed by atoms with Crippen LogP contribution in [0, 0.1) is 24.5 Å². The van der Waals surface area contributed by atoms with Crippen LogP contribution in [0.5, 0.6) is 0 Å². The highest BCUT2D eigenvalue weighted by Gasteiger charge is 2.27. The van der Waals surface area contributed by atoms with Crippen molar-refractivity contribution in [2.24, 2.45) is 18.7 Å². The molecule has 0 spiro atoms. The van der Waals surface area contributed by atoms with Crippen molar-refractivity contribution in [3.63, 3.8) is 0 Å². The molecule has 0 aliphatic rings. The smallest absolute Gasteiger partial charge is 0.308 e. The van der Waals surface area contributed by atoms with Crippen LogP contribution in [0.3, 0.4) is 0 Å². The van der Waals surface area contributed by atoms with Gasteiger partial charge in [0.25, 0.3) is 0 Å². The second-order valence-corrected chi connectivity index (χ2v) is 9.16. The second kappa shape index (κ2) is 10.9. The van der Waals surface area contributed by atoms with E-state index < -0.39 is 35.6 Å². The number of rotatable bonds is 9. The van der Waals surface area contributed by atoms with Crippen LogP contribution in [0.4, 0.5) is 8.78 Å². The molecular formula is C26H32F2N4O3. The Bertz CT molecular complexity index is 1240. The summed E-state index contributed by atoms with van der Waals surface area (Å²) in [6, 6.07) is 4.26. The van der Waals surface area contributed by atoms with E-state index >= 15 is 4.39 Å². The van der Waals surface area contributed by atoms with E-state index in [1.54, 1.807) is 24.9 Å². The maximum Gasteiger partial charge on any atom is 0.308 e. The van der Waals surface area contributed by atoms with Gasteiger partial charge < -0.3 is 15.8 Å². The maximum absolute atomic E-state index is 15.1. The molecule has 0 unspecified atom stereocenters. The molecular weight excluding hydrogens is 454 g/mol. The normalized spacial score (nSPS) is 13.2. The van der Waals surface area contributed by atoms with Crippen LogP contribution in [0.15, 0.2) is 30.5 Å². The fourth-order valence-electron chi connectivity index (χ4n) is 4.23. The number of ether oxygens (including phenoxy) is 1. The number of hydrogen-bond donors (Lipinski definition) is 2. The van der Waals surface area contributed by atoms with Crippen molar-refractivity contribution in [2.75, 3.05) is 6.61 Å². The molecule has 188 valence electrons. The van der Waals surface area contributed by atoms with E-state index in [4.69, 9.17) is 10.5 Å². The van der Waals surface area contributed by atoms with E-state index in [2.05, 4.69) is 10.4 Å². The lowest BCUT2D eigenvalue weighted by atomic mass is 9.92. The molecule has 9 heteroatoms. The molecule has 3 rings (SSSR count). The van der Waals surface area contributed by atoms with E-state index in [0.29, 0.717) is 23.1 Å². The molecule has 0 bridgehead atoms. The summed E-state index contributed by atoms with van der Waals surface area (Å²) in [5.74, 6) is -3.28. The van der Waals surface area contributed by atoms with Gasteiger partial charge in [-0.2, -0.15) is 5.10 Å². The molecule has 0 aliphatic carbocycles. The number of hydrogen-bond acceptors (Lipinski definition) is 5. The lowest BCUT2D eigenvalue weighted by molar-refractivity contribution is -0.143. The molecule has 2 aromatic carbocycles. The van der Waals surface area contributed by atoms with Crippen LogP contribution < -0.4 is 11.1 Å². The minimum Gasteiger partial charge on any atom is -0.466 e. The Morgan fingerprint density at radius 2 is 1.94 bits per heavy atom. The summed E-state index contributed by atoms with van der Waals surface area (Å²) in [7, 11) is 1.78. The molecule has 3 aromatic rings. The average molecular weight is 487 g/mol. The van der Waals surface area contributed by atoms with E-state index in [1.807, 2.05) is 32.9 Å². The zero-order chi connectivity index (χ0) is 25.9. The Hall–Kier alpha value is -3.33. The lowest BCUT2D eigenvalue weighted by Crippen LogP contribution is -2.43. The Morgan fingerprint density at radius 3 is 2.60 bits per heavy atom. The van der Waals surface area contributed by atoms with Crippen molar-refractivity contribution in [3.05, 3.63) is 53.2 Å². The van der Waals surface area contributed by atoms with Gasteiger partial charge in [0.1, 0.15) is 0 Å². The van der Waals surface area contributed by atoms with E-state index in [0.717, 1.165) is 17.0 Å². The average Bonchev–Trinajstić information content (AvgIpc) is 3.15. The highest BCUT2D eigenvalue weighted by Crippen LogP contribution is 2.35. The predicted octanol–water partition coefficient (Wildman–Crippen LogP) is 4.31. The number of carbonyl (C=O) groups is 2. The molecule has 1 heterocycles. The molecule has 7 nitrogen and oxygen atoms in total. The SMILES string of the molecule is CCOC(=O)C[C@H](NC(=O)[C@@H](N)CC(C)C)c1cc(-c2c(C)ccc3nn(C)cc23)cc(F)c1F. The van der Waals surface area contributed by atoms with Crippen molar-refractivity contribution >= 4 is 22.8 Å². The largest absolute Gasteiger partial charge is 0.466 e. The number of amides is 1. The molecule has 0 saturated heterocycles. The van der Waals surface area contributed by atoms with Crippen LogP contribution in [-0.2, 0) is 21.4 Å². The number of aromatic nitrogens is 2. The van der Waals surface area contributed by atoms with E-state index in [1.165, 1.54) is 6.07 Å². The first-order chi connectivity index (χ1) is 16.5. The number of nitrogens with zero attached hydrogens (tertiary/aromatic N) is 2. The van der Waals surface area contributed by atoms with Crippen molar-refractivity contribution < 1.29 is 23.1 Å². The molecule has 1 amide bonds. The number of fused-ring (bicyclic) bond motifs is 1. The minimum atomic E-state index is -1.16. The van der Waals surface area contributed by atoms with Crippen LogP contribution in [0.2, 0.25) is 0 Å². The molecule has 1 aromatic heterocycles. The van der Waals surface area contributed by atoms with Crippen LogP contribution >= 0.6 is 0 Å². The first-order valence-electron chi connectivity index (χ1n) is 11.7. The number of esters is 1. The fourth-order valence-corrected chi connectivity index (χ4v) is 4.23. The first-order valence-corrected chi connectivity index (χ1v) is 11.7. The van der Waals surface area contributed by atoms with Crippen LogP contribution in [-0.4, -0.2) is 34.3 Å². The summed E-state index contributed by atoms with van der Waals surface area (Å²) in [6.07, 6.45) is 1.84. The molecule has 3 N–H and O–H groups in total. The second-order valence-electron chi connectivity index (χ2n) is 9.16. The number of aryl methyl sites for hydroxylation is 2. The van der Waals surface area contributed by atoms with Gasteiger partial charge in [-0.25, -0.2) is 8.78 Å². The molecule has 0 fully saturated rings. The number of nitrogens with one attached hydrogen (secondary N) is 1. The Morgan fingerprint density at radius 1 is 1.23 bits per heavy atom. The summed E-state index contributed by atoms with van der Waals surface area (Å²) in [5.41, 5.74) is 8.49. The molecule has 35 heavy (non-hydrogen) atoms. The van der Waals surface area contributed by atoms with E-state index in [-0.39, 0.29) is 24.5 Å². The number of benzene rings is 2. The van der Waals surface area contributed by atoms with Gasteiger partial charge in [0.05, 0.1) is 30.6 Å². The summed E-state index contributed by atoms with van der Waals surface area (Å²) >= 11 is 0. The maximum atomic E-state index is 15.1. The number of nitrogens with two attached hydrogens (primary N) is 1. The zero-order valence-electron chi connectivity index (χ0n) is 20.7. The Balaban J connectivity index is 2.11. The van der Waals surface area contributed by atoms with Gasteiger partial charge in [-0.05, 0) is 61.1 Å². The van der Waals surface area contributed by atoms with Crippen LogP contribution in [0.1, 0.15) is 50.8 Å². The summed E-state index contributed by atoms with van der Waals surface area (Å²) < 4.78 is 36.7. The van der Waals surface area contributed by atoms with Crippen LogP contribution in [0.25, 0.3) is 22.0 Å². The number of halogens is 2.